The number of quaternary nitrogens is 1. The van der Waals surface area contributed by atoms with E-state index < -0.39 is 22.0 Å². The van der Waals surface area contributed by atoms with Gasteiger partial charge in [0.15, 0.2) is 11.3 Å². The fourth-order valence-corrected chi connectivity index (χ4v) is 3.93. The molecule has 158 valence electrons. The fraction of sp³-hybridized carbons (Fsp3) is 0.130. The van der Waals surface area contributed by atoms with Gasteiger partial charge in [0.2, 0.25) is 5.78 Å². The van der Waals surface area contributed by atoms with E-state index in [2.05, 4.69) is 5.43 Å². The van der Waals surface area contributed by atoms with Gasteiger partial charge in [-0.2, -0.15) is 0 Å². The maximum absolute atomic E-state index is 13.8. The number of aliphatic carboxylic acids is 1. The summed E-state index contributed by atoms with van der Waals surface area (Å²) in [4.78, 5) is 24.7. The molecule has 1 unspecified atom stereocenters. The number of halogens is 1. The van der Waals surface area contributed by atoms with Crippen LogP contribution in [0.1, 0.15) is 27.3 Å². The minimum absolute atomic E-state index is 0.0141. The number of rotatable bonds is 5. The average Bonchev–Trinajstić information content (AvgIpc) is 3.04. The lowest BCUT2D eigenvalue weighted by molar-refractivity contribution is -0.132. The summed E-state index contributed by atoms with van der Waals surface area (Å²) in [5.74, 6) is -2.16. The maximum atomic E-state index is 13.8. The summed E-state index contributed by atoms with van der Waals surface area (Å²) in [5, 5.41) is 23.6. The molecule has 4 rings (SSSR count). The van der Waals surface area contributed by atoms with Crippen molar-refractivity contribution in [2.75, 3.05) is 5.43 Å². The van der Waals surface area contributed by atoms with E-state index in [1.807, 2.05) is 32.0 Å². The molecule has 1 aromatic heterocycles. The largest absolute Gasteiger partial charge is 0.622 e. The number of carbonyl (C=O) groups excluding carboxylic acids is 1. The predicted molar refractivity (Wildman–Crippen MR) is 120 cm³/mol. The Labute approximate surface area is 183 Å². The summed E-state index contributed by atoms with van der Waals surface area (Å²) in [6, 6.07) is 15.7. The van der Waals surface area contributed by atoms with E-state index in [9.17, 15) is 19.9 Å². The van der Waals surface area contributed by atoms with Crippen LogP contribution in [0.5, 0.6) is 0 Å². The van der Waals surface area contributed by atoms with Crippen LogP contribution in [-0.2, 0) is 11.3 Å². The van der Waals surface area contributed by atoms with Gasteiger partial charge in [-0.1, -0.05) is 41.9 Å². The van der Waals surface area contributed by atoms with Crippen molar-refractivity contribution in [2.24, 2.45) is 0 Å². The lowest BCUT2D eigenvalue weighted by Crippen LogP contribution is -2.42. The molecule has 0 saturated heterocycles. The van der Waals surface area contributed by atoms with Gasteiger partial charge in [-0.05, 0) is 32.0 Å². The van der Waals surface area contributed by atoms with Crippen LogP contribution < -0.4 is 10.1 Å². The van der Waals surface area contributed by atoms with Crippen LogP contribution in [0.4, 0.5) is 11.4 Å². The number of aryl methyl sites for hydroxylation is 2. The second-order valence-corrected chi connectivity index (χ2v) is 7.94. The van der Waals surface area contributed by atoms with Crippen molar-refractivity contribution in [3.63, 3.8) is 0 Å². The Morgan fingerprint density at radius 2 is 1.77 bits per heavy atom. The molecule has 1 aliphatic heterocycles. The molecule has 0 amide bonds. The SMILES string of the molecule is Cc1ccc(C)n1Nc1cc2c(cc1Cl)[N+]([O-])(Cc1ccccc1)C=C(C(=O)O)C2=O. The first-order chi connectivity index (χ1) is 14.7. The highest BCUT2D eigenvalue weighted by atomic mass is 35.5. The maximum Gasteiger partial charge on any atom is 0.345 e. The Morgan fingerprint density at radius 1 is 1.13 bits per heavy atom. The summed E-state index contributed by atoms with van der Waals surface area (Å²) >= 11 is 6.49. The van der Waals surface area contributed by atoms with Crippen LogP contribution in [0.25, 0.3) is 0 Å². The van der Waals surface area contributed by atoms with E-state index in [0.29, 0.717) is 11.3 Å². The van der Waals surface area contributed by atoms with Gasteiger partial charge in [0.05, 0.1) is 16.3 Å². The Bertz CT molecular complexity index is 1210. The number of fused-ring (bicyclic) bond motifs is 1. The quantitative estimate of drug-likeness (QED) is 0.339. The molecule has 1 atom stereocenters. The first kappa shape index (κ1) is 20.9. The van der Waals surface area contributed by atoms with Gasteiger partial charge >= 0.3 is 5.97 Å². The highest BCUT2D eigenvalue weighted by Gasteiger charge is 2.38. The van der Waals surface area contributed by atoms with Crippen LogP contribution in [0, 0.1) is 19.1 Å². The molecule has 2 N–H and O–H groups in total. The topological polar surface area (TPSA) is 94.4 Å². The molecule has 0 radical (unpaired) electrons. The number of carboxylic acid groups (broad SMARTS) is 1. The molecule has 0 fully saturated rings. The molecular weight excluding hydrogens is 418 g/mol. The zero-order chi connectivity index (χ0) is 22.3. The van der Waals surface area contributed by atoms with Crippen LogP contribution >= 0.6 is 11.6 Å². The number of hydroxylamine groups is 2. The molecule has 1 aliphatic rings. The number of ketones is 1. The molecule has 0 bridgehead atoms. The lowest BCUT2D eigenvalue weighted by atomic mass is 9.96. The Balaban J connectivity index is 1.85. The van der Waals surface area contributed by atoms with Gasteiger partial charge in [-0.3, -0.25) is 19.5 Å². The summed E-state index contributed by atoms with van der Waals surface area (Å²) in [6.45, 7) is 3.74. The fourth-order valence-electron chi connectivity index (χ4n) is 3.73. The Hall–Kier alpha value is -3.39. The van der Waals surface area contributed by atoms with Crippen molar-refractivity contribution in [1.82, 2.24) is 9.32 Å². The van der Waals surface area contributed by atoms with E-state index in [-0.39, 0.29) is 22.8 Å². The number of Topliss-reactive ketones (excluding diaryl/α,β-unsaturated/α-hetero) is 1. The number of benzene rings is 2. The molecule has 0 spiro atoms. The Kier molecular flexibility index (Phi) is 5.18. The van der Waals surface area contributed by atoms with E-state index >= 15 is 0 Å². The Morgan fingerprint density at radius 3 is 2.39 bits per heavy atom. The summed E-state index contributed by atoms with van der Waals surface area (Å²) in [7, 11) is 0. The number of carboxylic acids is 1. The van der Waals surface area contributed by atoms with Crippen molar-refractivity contribution < 1.29 is 14.7 Å². The van der Waals surface area contributed by atoms with Gasteiger partial charge in [-0.15, -0.1) is 0 Å². The second-order valence-electron chi connectivity index (χ2n) is 7.53. The van der Waals surface area contributed by atoms with Crippen molar-refractivity contribution in [2.45, 2.75) is 20.4 Å². The minimum Gasteiger partial charge on any atom is -0.622 e. The number of hydrogen-bond acceptors (Lipinski definition) is 4. The predicted octanol–water partition coefficient (Wildman–Crippen LogP) is 4.80. The molecule has 8 heteroatoms. The first-order valence-electron chi connectivity index (χ1n) is 9.59. The summed E-state index contributed by atoms with van der Waals surface area (Å²) in [6.07, 6.45) is 0.948. The third-order valence-electron chi connectivity index (χ3n) is 5.31. The molecule has 2 aromatic carbocycles. The number of nitrogens with one attached hydrogen (secondary N) is 1. The number of anilines is 1. The normalized spacial score (nSPS) is 17.8. The van der Waals surface area contributed by atoms with E-state index in [4.69, 9.17) is 11.6 Å². The monoisotopic (exact) mass is 437 g/mol. The van der Waals surface area contributed by atoms with E-state index in [1.54, 1.807) is 28.9 Å². The first-order valence-corrected chi connectivity index (χ1v) is 9.97. The van der Waals surface area contributed by atoms with E-state index in [0.717, 1.165) is 17.6 Å². The summed E-state index contributed by atoms with van der Waals surface area (Å²) < 4.78 is 0.659. The van der Waals surface area contributed by atoms with Crippen LogP contribution in [0.3, 0.4) is 0 Å². The number of hydrogen-bond donors (Lipinski definition) is 2. The van der Waals surface area contributed by atoms with Crippen LogP contribution in [0.15, 0.2) is 66.4 Å². The van der Waals surface area contributed by atoms with Crippen molar-refractivity contribution in [3.8, 4) is 0 Å². The summed E-state index contributed by atoms with van der Waals surface area (Å²) in [5.41, 5.74) is 5.64. The van der Waals surface area contributed by atoms with Gasteiger partial charge < -0.3 is 10.3 Å². The zero-order valence-electron chi connectivity index (χ0n) is 16.9. The number of nitrogens with zero attached hydrogens (tertiary/aromatic N) is 2. The van der Waals surface area contributed by atoms with E-state index in [1.165, 1.54) is 12.1 Å². The molecule has 31 heavy (non-hydrogen) atoms. The highest BCUT2D eigenvalue weighted by Crippen LogP contribution is 2.41. The number of aromatic nitrogens is 1. The molecular formula is C23H20ClN3O4. The highest BCUT2D eigenvalue weighted by molar-refractivity contribution is 6.34. The minimum atomic E-state index is -1.44. The standard InChI is InChI=1S/C23H20ClN3O4/c1-14-8-9-15(2)26(14)25-20-10-17-21(11-19(20)24)27(31,12-16-6-4-3-5-7-16)13-18(22(17)28)23(29)30/h3-11,13,25H,12H2,1-2H3,(H,29,30). The lowest BCUT2D eigenvalue weighted by Gasteiger charge is -2.42. The third kappa shape index (κ3) is 3.74. The van der Waals surface area contributed by atoms with Crippen LogP contribution in [0.2, 0.25) is 5.02 Å². The van der Waals surface area contributed by atoms with Gasteiger partial charge in [0.25, 0.3) is 0 Å². The van der Waals surface area contributed by atoms with Crippen molar-refractivity contribution in [1.29, 1.82) is 0 Å². The molecule has 2 heterocycles. The molecule has 7 nitrogen and oxygen atoms in total. The molecule has 3 aromatic rings. The van der Waals surface area contributed by atoms with Gasteiger partial charge in [-0.25, -0.2) is 4.79 Å². The van der Waals surface area contributed by atoms with Crippen molar-refractivity contribution in [3.05, 3.63) is 99.1 Å². The third-order valence-corrected chi connectivity index (χ3v) is 5.63. The zero-order valence-corrected chi connectivity index (χ0v) is 17.7. The molecule has 0 aliphatic carbocycles. The number of carbonyl (C=O) groups is 2. The van der Waals surface area contributed by atoms with Crippen molar-refractivity contribution >= 4 is 34.7 Å². The molecule has 0 saturated carbocycles. The van der Waals surface area contributed by atoms with Crippen LogP contribution in [-0.4, -0.2) is 21.5 Å². The second kappa shape index (κ2) is 7.70. The average molecular weight is 438 g/mol. The van der Waals surface area contributed by atoms with Gasteiger partial charge in [0, 0.05) is 23.0 Å². The smallest absolute Gasteiger partial charge is 0.345 e. The van der Waals surface area contributed by atoms with Gasteiger partial charge in [0.1, 0.15) is 12.7 Å².